The Balaban J connectivity index is 1.47. The number of aliphatic hydroxyl groups is 1. The number of β-lactam (4-membered cyclic amide) rings is 1. The van der Waals surface area contributed by atoms with Crippen molar-refractivity contribution in [1.82, 2.24) is 25.4 Å². The molecule has 17 heteroatoms. The maximum Gasteiger partial charge on any atom is 0.352 e. The van der Waals surface area contributed by atoms with Gasteiger partial charge in [-0.2, -0.15) is 0 Å². The van der Waals surface area contributed by atoms with Crippen LogP contribution in [0.2, 0.25) is 0 Å². The van der Waals surface area contributed by atoms with E-state index in [1.54, 1.807) is 0 Å². The lowest BCUT2D eigenvalue weighted by Gasteiger charge is -2.49. The lowest BCUT2D eigenvalue weighted by atomic mass is 10.0. The normalized spacial score (nSPS) is 20.5. The molecule has 6 N–H and O–H groups in total. The highest BCUT2D eigenvalue weighted by atomic mass is 32.2. The summed E-state index contributed by atoms with van der Waals surface area (Å²) in [5, 5.41) is 42.7. The molecule has 4 rings (SSSR count). The third-order valence-electron chi connectivity index (χ3n) is 4.57. The zero-order chi connectivity index (χ0) is 23.7. The van der Waals surface area contributed by atoms with E-state index in [9.17, 15) is 24.7 Å². The highest BCUT2D eigenvalue weighted by Crippen LogP contribution is 2.41. The van der Waals surface area contributed by atoms with Gasteiger partial charge in [-0.1, -0.05) is 28.3 Å². The average Bonchev–Trinajstić information content (AvgIpc) is 3.44. The molecule has 2 aromatic rings. The molecular formula is C16H15N7O6S4. The number of nitrogens with one attached hydrogen (secondary N) is 1. The quantitative estimate of drug-likeness (QED) is 0.0989. The van der Waals surface area contributed by atoms with Gasteiger partial charge in [0.1, 0.15) is 27.8 Å². The minimum Gasteiger partial charge on any atom is -0.477 e. The highest BCUT2D eigenvalue weighted by Gasteiger charge is 2.54. The van der Waals surface area contributed by atoms with Crippen LogP contribution in [0.5, 0.6) is 0 Å². The number of carbonyl (C=O) groups is 3. The maximum atomic E-state index is 12.8. The second-order valence-corrected chi connectivity index (χ2v) is 10.8. The fraction of sp³-hybridized carbons (Fsp3) is 0.312. The van der Waals surface area contributed by atoms with Crippen LogP contribution in [-0.2, 0) is 21.0 Å². The Morgan fingerprint density at radius 3 is 2.79 bits per heavy atom. The van der Waals surface area contributed by atoms with Gasteiger partial charge in [0.2, 0.25) is 0 Å². The molecule has 13 nitrogen and oxygen atoms in total. The van der Waals surface area contributed by atoms with Crippen molar-refractivity contribution in [3.8, 4) is 0 Å². The van der Waals surface area contributed by atoms with Gasteiger partial charge in [0.25, 0.3) is 11.8 Å². The number of rotatable bonds is 8. The molecule has 1 unspecified atom stereocenters. The molecule has 0 radical (unpaired) electrons. The largest absolute Gasteiger partial charge is 0.477 e. The van der Waals surface area contributed by atoms with Gasteiger partial charge in [0.05, 0.1) is 6.61 Å². The Labute approximate surface area is 201 Å². The third-order valence-corrected chi connectivity index (χ3v) is 8.71. The predicted octanol–water partition coefficient (Wildman–Crippen LogP) is -0.222. The summed E-state index contributed by atoms with van der Waals surface area (Å²) in [5.74, 6) is -2.08. The second-order valence-electron chi connectivity index (χ2n) is 6.55. The van der Waals surface area contributed by atoms with Gasteiger partial charge in [-0.25, -0.2) is 9.78 Å². The fourth-order valence-electron chi connectivity index (χ4n) is 3.12. The summed E-state index contributed by atoms with van der Waals surface area (Å²) in [6.07, 6.45) is 0. The molecule has 0 aromatic carbocycles. The van der Waals surface area contributed by atoms with Crippen LogP contribution >= 0.6 is 46.2 Å². The summed E-state index contributed by atoms with van der Waals surface area (Å²) in [6, 6.07) is -0.992. The number of aliphatic carboxylic acids is 1. The lowest BCUT2D eigenvalue weighted by Crippen LogP contribution is -2.71. The van der Waals surface area contributed by atoms with Gasteiger partial charge in [-0.15, -0.1) is 33.3 Å². The minimum atomic E-state index is -1.25. The van der Waals surface area contributed by atoms with Crippen LogP contribution < -0.4 is 11.1 Å². The van der Waals surface area contributed by atoms with E-state index in [0.717, 1.165) is 16.2 Å². The molecule has 174 valence electrons. The van der Waals surface area contributed by atoms with Crippen molar-refractivity contribution in [3.05, 3.63) is 27.4 Å². The van der Waals surface area contributed by atoms with Crippen molar-refractivity contribution in [3.63, 3.8) is 0 Å². The molecule has 2 atom stereocenters. The summed E-state index contributed by atoms with van der Waals surface area (Å²) in [5.41, 5.74) is 5.60. The number of amides is 2. The number of carboxylic acids is 1. The van der Waals surface area contributed by atoms with Crippen LogP contribution in [0.4, 0.5) is 5.13 Å². The number of hydrogen-bond donors (Lipinski definition) is 5. The van der Waals surface area contributed by atoms with Gasteiger partial charge >= 0.3 is 5.97 Å². The Bertz CT molecular complexity index is 1180. The Hall–Kier alpha value is -2.73. The number of nitrogens with zero attached hydrogens (tertiary/aromatic N) is 5. The van der Waals surface area contributed by atoms with Gasteiger partial charge < -0.3 is 26.5 Å². The van der Waals surface area contributed by atoms with E-state index in [2.05, 4.69) is 25.7 Å². The SMILES string of the molecule is Nc1nc(C(=NO)C(=O)NC2C(=O)N3C(C(=O)O)=C(CSc4nnc(CO)s4)CS[C@@H]23)cs1. The number of anilines is 1. The lowest BCUT2D eigenvalue weighted by molar-refractivity contribution is -0.150. The van der Waals surface area contributed by atoms with E-state index in [0.29, 0.717) is 20.7 Å². The highest BCUT2D eigenvalue weighted by molar-refractivity contribution is 8.01. The molecule has 0 aliphatic carbocycles. The molecule has 2 amide bonds. The number of nitrogen functional groups attached to an aromatic ring is 1. The number of carboxylic acid groups (broad SMARTS) is 1. The van der Waals surface area contributed by atoms with E-state index < -0.39 is 34.9 Å². The van der Waals surface area contributed by atoms with Gasteiger partial charge in [-0.3, -0.25) is 14.5 Å². The maximum absolute atomic E-state index is 12.8. The number of hydrogen-bond acceptors (Lipinski definition) is 14. The Kier molecular flexibility index (Phi) is 6.84. The van der Waals surface area contributed by atoms with Gasteiger partial charge in [0.15, 0.2) is 15.2 Å². The van der Waals surface area contributed by atoms with Gasteiger partial charge in [-0.05, 0) is 5.57 Å². The van der Waals surface area contributed by atoms with Crippen molar-refractivity contribution in [2.75, 3.05) is 17.2 Å². The third kappa shape index (κ3) is 4.54. The molecular weight excluding hydrogens is 514 g/mol. The topological polar surface area (TPSA) is 204 Å². The number of fused-ring (bicyclic) bond motifs is 1. The Morgan fingerprint density at radius 1 is 1.39 bits per heavy atom. The van der Waals surface area contributed by atoms with Crippen molar-refractivity contribution in [1.29, 1.82) is 0 Å². The monoisotopic (exact) mass is 529 g/mol. The van der Waals surface area contributed by atoms with Crippen molar-refractivity contribution in [2.24, 2.45) is 5.16 Å². The number of carbonyl (C=O) groups excluding carboxylic acids is 2. The van der Waals surface area contributed by atoms with Crippen LogP contribution in [0.1, 0.15) is 10.7 Å². The fourth-order valence-corrected chi connectivity index (χ4v) is 6.91. The van der Waals surface area contributed by atoms with Crippen LogP contribution in [0.25, 0.3) is 0 Å². The number of thiazole rings is 1. The predicted molar refractivity (Wildman–Crippen MR) is 121 cm³/mol. The van der Waals surface area contributed by atoms with E-state index in [4.69, 9.17) is 10.8 Å². The average molecular weight is 530 g/mol. The minimum absolute atomic E-state index is 0.0592. The summed E-state index contributed by atoms with van der Waals surface area (Å²) in [7, 11) is 0. The van der Waals surface area contributed by atoms with Crippen LogP contribution in [-0.4, -0.2) is 81.9 Å². The molecule has 1 fully saturated rings. The van der Waals surface area contributed by atoms with Crippen molar-refractivity contribution in [2.45, 2.75) is 22.4 Å². The zero-order valence-electron chi connectivity index (χ0n) is 16.4. The first-order valence-electron chi connectivity index (χ1n) is 9.04. The first-order valence-corrected chi connectivity index (χ1v) is 12.8. The number of thioether (sulfide) groups is 2. The summed E-state index contributed by atoms with van der Waals surface area (Å²) < 4.78 is 0.571. The summed E-state index contributed by atoms with van der Waals surface area (Å²) >= 11 is 4.83. The van der Waals surface area contributed by atoms with Crippen molar-refractivity contribution < 1.29 is 29.8 Å². The standard InChI is InChI=1S/C16H15N7O6S4/c17-15-18-6(4-31-15)8(22-29)11(25)19-9-12(26)23-10(14(27)28)5(2-30-13(9)23)3-32-16-21-20-7(1-24)33-16/h4,9,13,24,29H,1-3H2,(H2,17,18)(H,19,25)(H,27,28)/t9?,13-/m0/s1. The number of aromatic nitrogens is 3. The molecule has 2 aromatic heterocycles. The van der Waals surface area contributed by atoms with Crippen LogP contribution in [0.3, 0.4) is 0 Å². The molecule has 2 aliphatic heterocycles. The van der Waals surface area contributed by atoms with Gasteiger partial charge in [0, 0.05) is 16.9 Å². The molecule has 0 spiro atoms. The van der Waals surface area contributed by atoms with Crippen LogP contribution in [0, 0.1) is 0 Å². The molecule has 2 aliphatic rings. The summed E-state index contributed by atoms with van der Waals surface area (Å²) in [4.78, 5) is 42.3. The Morgan fingerprint density at radius 2 is 2.18 bits per heavy atom. The van der Waals surface area contributed by atoms with E-state index in [1.807, 2.05) is 0 Å². The first kappa shape index (κ1) is 23.4. The second kappa shape index (κ2) is 9.64. The molecule has 4 heterocycles. The first-order chi connectivity index (χ1) is 15.8. The van der Waals surface area contributed by atoms with Crippen LogP contribution in [0.15, 0.2) is 26.1 Å². The van der Waals surface area contributed by atoms with E-state index in [-0.39, 0.29) is 28.9 Å². The molecule has 1 saturated heterocycles. The zero-order valence-corrected chi connectivity index (χ0v) is 19.6. The summed E-state index contributed by atoms with van der Waals surface area (Å²) in [6.45, 7) is -0.229. The number of nitrogens with two attached hydrogens (primary N) is 1. The van der Waals surface area contributed by atoms with E-state index in [1.165, 1.54) is 40.2 Å². The van der Waals surface area contributed by atoms with E-state index >= 15 is 0 Å². The smallest absolute Gasteiger partial charge is 0.352 e. The number of aliphatic hydroxyl groups excluding tert-OH is 1. The number of oxime groups is 1. The molecule has 33 heavy (non-hydrogen) atoms. The molecule has 0 saturated carbocycles. The molecule has 0 bridgehead atoms. The van der Waals surface area contributed by atoms with Crippen molar-refractivity contribution >= 4 is 74.8 Å².